The van der Waals surface area contributed by atoms with Gasteiger partial charge in [0, 0.05) is 11.1 Å². The second-order valence-electron chi connectivity index (χ2n) is 6.33. The third-order valence-corrected chi connectivity index (χ3v) is 4.59. The Hall–Kier alpha value is -3.47. The van der Waals surface area contributed by atoms with Crippen LogP contribution in [0.3, 0.4) is 0 Å². The lowest BCUT2D eigenvalue weighted by Crippen LogP contribution is -2.04. The third kappa shape index (κ3) is 3.64. The molecule has 0 spiro atoms. The number of phenolic OH excluding ortho intramolecular Hbond substituents is 1. The number of ketones is 1. The van der Waals surface area contributed by atoms with E-state index in [9.17, 15) is 9.90 Å². The van der Waals surface area contributed by atoms with Crippen LogP contribution in [0.5, 0.6) is 23.0 Å². The number of aryl methyl sites for hydroxylation is 1. The van der Waals surface area contributed by atoms with Crippen molar-refractivity contribution >= 4 is 5.78 Å². The second-order valence-corrected chi connectivity index (χ2v) is 6.33. The van der Waals surface area contributed by atoms with Crippen molar-refractivity contribution in [1.82, 2.24) is 0 Å². The average Bonchev–Trinajstić information content (AvgIpc) is 2.74. The molecule has 5 heteroatoms. The molecule has 0 atom stereocenters. The fourth-order valence-corrected chi connectivity index (χ4v) is 3.01. The molecule has 0 aromatic heterocycles. The molecular formula is C23H22O5. The number of ether oxygens (including phenoxy) is 3. The Morgan fingerprint density at radius 1 is 0.786 bits per heavy atom. The van der Waals surface area contributed by atoms with E-state index >= 15 is 0 Å². The number of carbonyl (C=O) groups excluding carboxylic acids is 1. The zero-order chi connectivity index (χ0) is 20.3. The molecule has 144 valence electrons. The topological polar surface area (TPSA) is 65.0 Å². The highest BCUT2D eigenvalue weighted by Crippen LogP contribution is 2.39. The largest absolute Gasteiger partial charge is 0.508 e. The molecule has 0 fully saturated rings. The van der Waals surface area contributed by atoms with Gasteiger partial charge < -0.3 is 19.3 Å². The maximum absolute atomic E-state index is 13.1. The Labute approximate surface area is 164 Å². The van der Waals surface area contributed by atoms with E-state index in [0.29, 0.717) is 28.4 Å². The highest BCUT2D eigenvalue weighted by molar-refractivity contribution is 6.10. The minimum atomic E-state index is -0.169. The first-order valence-electron chi connectivity index (χ1n) is 8.73. The lowest BCUT2D eigenvalue weighted by molar-refractivity contribution is 0.103. The van der Waals surface area contributed by atoms with Gasteiger partial charge in [-0.25, -0.2) is 0 Å². The second kappa shape index (κ2) is 8.05. The first-order chi connectivity index (χ1) is 13.5. The minimum absolute atomic E-state index is 0.169. The molecule has 0 amide bonds. The summed E-state index contributed by atoms with van der Waals surface area (Å²) in [6, 6.07) is 16.0. The standard InChI is InChI=1S/C23H22O5/c1-14-8-9-16(11-19(14)24)15-6-5-7-17(10-15)22(25)18-12-20(26-2)23(28-4)21(13-18)27-3/h5-13,24H,1-4H3. The fourth-order valence-electron chi connectivity index (χ4n) is 3.01. The van der Waals surface area contributed by atoms with E-state index in [4.69, 9.17) is 14.2 Å². The van der Waals surface area contributed by atoms with E-state index in [1.807, 2.05) is 31.2 Å². The lowest BCUT2D eigenvalue weighted by atomic mass is 9.97. The normalized spacial score (nSPS) is 10.4. The summed E-state index contributed by atoms with van der Waals surface area (Å²) in [5.74, 6) is 1.33. The monoisotopic (exact) mass is 378 g/mol. The first-order valence-corrected chi connectivity index (χ1v) is 8.73. The number of hydrogen-bond acceptors (Lipinski definition) is 5. The van der Waals surface area contributed by atoms with Crippen molar-refractivity contribution < 1.29 is 24.1 Å². The van der Waals surface area contributed by atoms with Gasteiger partial charge in [0.05, 0.1) is 21.3 Å². The van der Waals surface area contributed by atoms with Gasteiger partial charge in [0.2, 0.25) is 5.75 Å². The maximum atomic E-state index is 13.1. The van der Waals surface area contributed by atoms with Gasteiger partial charge in [-0.3, -0.25) is 4.79 Å². The van der Waals surface area contributed by atoms with Crippen molar-refractivity contribution in [3.63, 3.8) is 0 Å². The van der Waals surface area contributed by atoms with E-state index in [0.717, 1.165) is 16.7 Å². The number of benzene rings is 3. The van der Waals surface area contributed by atoms with Crippen LogP contribution in [0.2, 0.25) is 0 Å². The molecule has 0 saturated carbocycles. The molecule has 0 unspecified atom stereocenters. The zero-order valence-corrected chi connectivity index (χ0v) is 16.3. The Morgan fingerprint density at radius 3 is 2.00 bits per heavy atom. The highest BCUT2D eigenvalue weighted by Gasteiger charge is 2.18. The van der Waals surface area contributed by atoms with E-state index < -0.39 is 0 Å². The Balaban J connectivity index is 2.02. The van der Waals surface area contributed by atoms with Crippen LogP contribution in [0, 0.1) is 6.92 Å². The molecule has 5 nitrogen and oxygen atoms in total. The van der Waals surface area contributed by atoms with Gasteiger partial charge in [0.25, 0.3) is 0 Å². The average molecular weight is 378 g/mol. The van der Waals surface area contributed by atoms with Gasteiger partial charge in [-0.2, -0.15) is 0 Å². The van der Waals surface area contributed by atoms with Crippen LogP contribution in [0.1, 0.15) is 21.5 Å². The van der Waals surface area contributed by atoms with Crippen molar-refractivity contribution in [3.8, 4) is 34.1 Å². The molecule has 0 aliphatic carbocycles. The molecule has 0 saturated heterocycles. The predicted molar refractivity (Wildman–Crippen MR) is 108 cm³/mol. The van der Waals surface area contributed by atoms with Crippen molar-refractivity contribution in [1.29, 1.82) is 0 Å². The fraction of sp³-hybridized carbons (Fsp3) is 0.174. The number of carbonyl (C=O) groups is 1. The molecule has 28 heavy (non-hydrogen) atoms. The van der Waals surface area contributed by atoms with Crippen LogP contribution in [0.4, 0.5) is 0 Å². The van der Waals surface area contributed by atoms with Crippen LogP contribution in [0.25, 0.3) is 11.1 Å². The molecule has 3 aromatic carbocycles. The summed E-state index contributed by atoms with van der Waals surface area (Å²) in [6.45, 7) is 1.84. The minimum Gasteiger partial charge on any atom is -0.508 e. The number of hydrogen-bond donors (Lipinski definition) is 1. The molecule has 1 N–H and O–H groups in total. The molecule has 0 heterocycles. The van der Waals surface area contributed by atoms with Crippen LogP contribution >= 0.6 is 0 Å². The Morgan fingerprint density at radius 2 is 1.43 bits per heavy atom. The molecule has 3 rings (SSSR count). The number of rotatable bonds is 6. The molecular weight excluding hydrogens is 356 g/mol. The zero-order valence-electron chi connectivity index (χ0n) is 16.3. The number of phenols is 1. The predicted octanol–water partition coefficient (Wildman–Crippen LogP) is 4.62. The van der Waals surface area contributed by atoms with E-state index in [2.05, 4.69) is 0 Å². The quantitative estimate of drug-likeness (QED) is 0.634. The van der Waals surface area contributed by atoms with Crippen molar-refractivity contribution in [2.75, 3.05) is 21.3 Å². The van der Waals surface area contributed by atoms with Crippen LogP contribution in [-0.2, 0) is 0 Å². The van der Waals surface area contributed by atoms with Gasteiger partial charge >= 0.3 is 0 Å². The first kappa shape index (κ1) is 19.3. The van der Waals surface area contributed by atoms with Gasteiger partial charge in [-0.1, -0.05) is 30.3 Å². The summed E-state index contributed by atoms with van der Waals surface area (Å²) in [5.41, 5.74) is 3.43. The van der Waals surface area contributed by atoms with E-state index in [1.54, 1.807) is 30.3 Å². The van der Waals surface area contributed by atoms with E-state index in [-0.39, 0.29) is 11.5 Å². The molecule has 0 aliphatic rings. The van der Waals surface area contributed by atoms with Crippen LogP contribution in [-0.4, -0.2) is 32.2 Å². The lowest BCUT2D eigenvalue weighted by Gasteiger charge is -2.14. The van der Waals surface area contributed by atoms with Gasteiger partial charge in [0.1, 0.15) is 5.75 Å². The van der Waals surface area contributed by atoms with Gasteiger partial charge in [-0.05, 0) is 47.9 Å². The molecule has 0 radical (unpaired) electrons. The van der Waals surface area contributed by atoms with Crippen LogP contribution < -0.4 is 14.2 Å². The summed E-state index contributed by atoms with van der Waals surface area (Å²) in [4.78, 5) is 13.1. The Kier molecular flexibility index (Phi) is 5.54. The summed E-state index contributed by atoms with van der Waals surface area (Å²) in [6.07, 6.45) is 0. The van der Waals surface area contributed by atoms with E-state index in [1.165, 1.54) is 21.3 Å². The molecule has 3 aromatic rings. The maximum Gasteiger partial charge on any atom is 0.203 e. The summed E-state index contributed by atoms with van der Waals surface area (Å²) in [5, 5.41) is 9.98. The Bertz CT molecular complexity index is 998. The van der Waals surface area contributed by atoms with Gasteiger partial charge in [0.15, 0.2) is 17.3 Å². The summed E-state index contributed by atoms with van der Waals surface area (Å²) < 4.78 is 16.0. The van der Waals surface area contributed by atoms with Crippen molar-refractivity contribution in [2.45, 2.75) is 6.92 Å². The third-order valence-electron chi connectivity index (χ3n) is 4.59. The summed E-state index contributed by atoms with van der Waals surface area (Å²) in [7, 11) is 4.54. The van der Waals surface area contributed by atoms with Gasteiger partial charge in [-0.15, -0.1) is 0 Å². The smallest absolute Gasteiger partial charge is 0.203 e. The summed E-state index contributed by atoms with van der Waals surface area (Å²) >= 11 is 0. The number of aromatic hydroxyl groups is 1. The molecule has 0 aliphatic heterocycles. The molecule has 0 bridgehead atoms. The highest BCUT2D eigenvalue weighted by atomic mass is 16.5. The van der Waals surface area contributed by atoms with Crippen molar-refractivity contribution in [2.24, 2.45) is 0 Å². The number of methoxy groups -OCH3 is 3. The van der Waals surface area contributed by atoms with Crippen molar-refractivity contribution in [3.05, 3.63) is 71.3 Å². The SMILES string of the molecule is COc1cc(C(=O)c2cccc(-c3ccc(C)c(O)c3)c2)cc(OC)c1OC. The van der Waals surface area contributed by atoms with Crippen LogP contribution in [0.15, 0.2) is 54.6 Å².